The average molecular weight is 714 g/mol. The van der Waals surface area contributed by atoms with Crippen LogP contribution in [0.1, 0.15) is 74.3 Å². The minimum Gasteiger partial charge on any atom is -0.471 e. The number of carbonyl (C=O) groups is 2. The van der Waals surface area contributed by atoms with Gasteiger partial charge in [0.1, 0.15) is 24.5 Å². The highest BCUT2D eigenvalue weighted by Gasteiger charge is 2.43. The van der Waals surface area contributed by atoms with E-state index in [1.54, 1.807) is 68.4 Å². The van der Waals surface area contributed by atoms with Gasteiger partial charge in [0, 0.05) is 24.7 Å². The van der Waals surface area contributed by atoms with E-state index in [4.69, 9.17) is 32.3 Å². The maximum absolute atomic E-state index is 15.5. The first kappa shape index (κ1) is 38.4. The highest BCUT2D eigenvalue weighted by atomic mass is 31.2. The number of hydrogen-bond acceptors (Lipinski definition) is 11. The molecular weight excluding hydrogens is 667 g/mol. The summed E-state index contributed by atoms with van der Waals surface area (Å²) < 4.78 is 83.4. The van der Waals surface area contributed by atoms with Gasteiger partial charge in [-0.05, 0) is 91.6 Å². The van der Waals surface area contributed by atoms with Crippen LogP contribution >= 0.6 is 7.82 Å². The zero-order valence-corrected chi connectivity index (χ0v) is 30.3. The van der Waals surface area contributed by atoms with Gasteiger partial charge in [-0.1, -0.05) is 6.08 Å². The lowest BCUT2D eigenvalue weighted by molar-refractivity contribution is -0.147. The Bertz CT molecular complexity index is 1520. The molecule has 0 unspecified atom stereocenters. The van der Waals surface area contributed by atoms with Crippen molar-refractivity contribution in [3.05, 3.63) is 47.7 Å². The molecule has 1 saturated heterocycles. The molecule has 1 fully saturated rings. The zero-order chi connectivity index (χ0) is 36.4. The Hall–Kier alpha value is -3.36. The monoisotopic (exact) mass is 713 g/mol. The van der Waals surface area contributed by atoms with Gasteiger partial charge in [-0.2, -0.15) is 0 Å². The van der Waals surface area contributed by atoms with E-state index in [0.717, 1.165) is 17.0 Å². The predicted octanol–water partition coefficient (Wildman–Crippen LogP) is 6.91. The topological polar surface area (TPSA) is 139 Å². The van der Waals surface area contributed by atoms with Gasteiger partial charge in [-0.25, -0.2) is 18.1 Å². The lowest BCUT2D eigenvalue weighted by Gasteiger charge is -2.35. The van der Waals surface area contributed by atoms with E-state index in [2.05, 4.69) is 5.16 Å². The van der Waals surface area contributed by atoms with Crippen molar-refractivity contribution in [2.45, 2.75) is 97.7 Å². The summed E-state index contributed by atoms with van der Waals surface area (Å²) in [6.07, 6.45) is 0.131. The molecule has 16 heteroatoms. The molecule has 272 valence electrons. The van der Waals surface area contributed by atoms with E-state index < -0.39 is 60.5 Å². The third-order valence-corrected chi connectivity index (χ3v) is 8.91. The molecule has 2 amide bonds. The number of phosphoric ester groups is 1. The third kappa shape index (κ3) is 11.1. The van der Waals surface area contributed by atoms with Gasteiger partial charge in [0.15, 0.2) is 12.2 Å². The van der Waals surface area contributed by atoms with Crippen molar-refractivity contribution in [3.63, 3.8) is 0 Å². The Morgan fingerprint density at radius 1 is 1.04 bits per heavy atom. The van der Waals surface area contributed by atoms with Crippen molar-refractivity contribution in [1.82, 2.24) is 10.1 Å². The van der Waals surface area contributed by atoms with Gasteiger partial charge in [0.2, 0.25) is 0 Å². The Morgan fingerprint density at radius 3 is 2.18 bits per heavy atom. The molecule has 0 bridgehead atoms. The number of ether oxygens (including phenoxy) is 3. The van der Waals surface area contributed by atoms with Gasteiger partial charge in [0.05, 0.1) is 35.6 Å². The van der Waals surface area contributed by atoms with Crippen LogP contribution in [0.5, 0.6) is 5.88 Å². The van der Waals surface area contributed by atoms with E-state index >= 15 is 8.78 Å². The summed E-state index contributed by atoms with van der Waals surface area (Å²) in [4.78, 5) is 28.9. The number of benzene rings is 1. The van der Waals surface area contributed by atoms with Crippen LogP contribution in [-0.4, -0.2) is 83.9 Å². The van der Waals surface area contributed by atoms with Crippen molar-refractivity contribution < 1.29 is 55.2 Å². The van der Waals surface area contributed by atoms with E-state index in [0.29, 0.717) is 5.57 Å². The molecule has 49 heavy (non-hydrogen) atoms. The molecule has 4 rings (SSSR count). The number of cyclic esters (lactones) is 1. The number of anilines is 1. The van der Waals surface area contributed by atoms with Crippen LogP contribution in [0.4, 0.5) is 19.3 Å². The van der Waals surface area contributed by atoms with Crippen LogP contribution < -0.4 is 9.64 Å². The van der Waals surface area contributed by atoms with Crippen LogP contribution in [0.2, 0.25) is 0 Å². The zero-order valence-electron chi connectivity index (χ0n) is 29.4. The van der Waals surface area contributed by atoms with E-state index in [-0.39, 0.29) is 56.4 Å². The van der Waals surface area contributed by atoms with Gasteiger partial charge in [-0.3, -0.25) is 23.3 Å². The number of phosphoric acid groups is 1. The molecule has 2 aliphatic rings. The molecule has 1 aromatic carbocycles. The first-order valence-corrected chi connectivity index (χ1v) is 17.4. The largest absolute Gasteiger partial charge is 0.476 e. The fourth-order valence-corrected chi connectivity index (χ4v) is 6.88. The quantitative estimate of drug-likeness (QED) is 0.212. The van der Waals surface area contributed by atoms with E-state index in [1.165, 1.54) is 17.2 Å². The van der Waals surface area contributed by atoms with Crippen molar-refractivity contribution in [3.8, 4) is 5.88 Å². The second kappa shape index (κ2) is 14.9. The highest BCUT2D eigenvalue weighted by molar-refractivity contribution is 7.48. The molecule has 1 aromatic heterocycles. The van der Waals surface area contributed by atoms with Gasteiger partial charge < -0.3 is 23.6 Å². The summed E-state index contributed by atoms with van der Waals surface area (Å²) in [6.45, 7) is 15.3. The number of aromatic nitrogens is 1. The minimum absolute atomic E-state index is 0.00532. The summed E-state index contributed by atoms with van der Waals surface area (Å²) in [5, 5.41) is 3.62. The molecule has 2 aliphatic heterocycles. The Morgan fingerprint density at radius 2 is 1.67 bits per heavy atom. The molecule has 2 atom stereocenters. The van der Waals surface area contributed by atoms with Crippen LogP contribution in [-0.2, 0) is 32.4 Å². The highest BCUT2D eigenvalue weighted by Crippen LogP contribution is 2.56. The fraction of sp³-hybridized carbons (Fsp3) is 0.606. The number of halogens is 2. The Kier molecular flexibility index (Phi) is 11.7. The average Bonchev–Trinajstić information content (AvgIpc) is 3.60. The van der Waals surface area contributed by atoms with Crippen molar-refractivity contribution in [1.29, 1.82) is 0 Å². The molecule has 13 nitrogen and oxygen atoms in total. The Labute approximate surface area is 285 Å². The summed E-state index contributed by atoms with van der Waals surface area (Å²) in [7, 11) is -4.31. The van der Waals surface area contributed by atoms with Crippen molar-refractivity contribution in [2.75, 3.05) is 37.7 Å². The van der Waals surface area contributed by atoms with Crippen LogP contribution in [0, 0.1) is 11.6 Å². The number of carbonyl (C=O) groups excluding carboxylic acids is 2. The second-order valence-corrected chi connectivity index (χ2v) is 16.2. The van der Waals surface area contributed by atoms with Crippen molar-refractivity contribution >= 4 is 31.1 Å². The summed E-state index contributed by atoms with van der Waals surface area (Å²) in [6, 6.07) is 3.62. The first-order chi connectivity index (χ1) is 22.6. The van der Waals surface area contributed by atoms with E-state index in [1.807, 2.05) is 0 Å². The lowest BCUT2D eigenvalue weighted by atomic mass is 9.97. The number of nitrogens with zero attached hydrogens (tertiary/aromatic N) is 3. The summed E-state index contributed by atoms with van der Waals surface area (Å²) >= 11 is 0. The molecular formula is C33H46F2N3O10P. The van der Waals surface area contributed by atoms with Gasteiger partial charge >= 0.3 is 13.9 Å². The minimum atomic E-state index is -4.31. The second-order valence-electron chi connectivity index (χ2n) is 14.7. The van der Waals surface area contributed by atoms with Crippen LogP contribution in [0.15, 0.2) is 35.1 Å². The molecule has 0 aliphatic carbocycles. The van der Waals surface area contributed by atoms with Crippen LogP contribution in [0.25, 0.3) is 5.57 Å². The van der Waals surface area contributed by atoms with E-state index in [9.17, 15) is 14.2 Å². The third-order valence-electron chi connectivity index (χ3n) is 6.86. The molecule has 3 heterocycles. The van der Waals surface area contributed by atoms with Gasteiger partial charge in [0.25, 0.3) is 11.8 Å². The molecule has 0 radical (unpaired) electrons. The summed E-state index contributed by atoms with van der Waals surface area (Å²) in [5.41, 5.74) is -2.46. The molecule has 0 spiro atoms. The maximum atomic E-state index is 15.5. The predicted molar refractivity (Wildman–Crippen MR) is 175 cm³/mol. The summed E-state index contributed by atoms with van der Waals surface area (Å²) in [5.74, 6) is -2.10. The number of hydrogen-bond donors (Lipinski definition) is 0. The fourth-order valence-electron chi connectivity index (χ4n) is 4.96. The number of amides is 2. The Balaban J connectivity index is 1.48. The molecule has 0 N–H and O–H groups in total. The number of rotatable bonds is 12. The molecule has 0 saturated carbocycles. The van der Waals surface area contributed by atoms with Crippen molar-refractivity contribution in [2.24, 2.45) is 0 Å². The SMILES string of the molecule is CC(C)(C)OC[C@@H](OP(=O)(OC(C)(C)C)OC(C)(C)C)C(=O)N1CC=C(c2c(F)cc(N3C[C@H](COc4ccon4)OC3=O)cc2F)CC1. The maximum Gasteiger partial charge on any atom is 0.476 e. The normalized spacial score (nSPS) is 18.4. The smallest absolute Gasteiger partial charge is 0.471 e. The first-order valence-electron chi connectivity index (χ1n) is 15.9. The standard InChI is InChI=1S/C33H46F2N3O10P/c1-31(2,3)43-20-26(46-49(41,47-32(4,5)6)48-33(7,8)9)29(39)37-13-10-21(11-14-37)28-24(34)16-22(17-25(28)35)38-18-23(45-30(38)40)19-42-27-12-15-44-36-27/h10,12,15-17,23,26H,11,13-14,18-20H2,1-9H3/t23-,26-/m1/s1. The molecule has 2 aromatic rings. The lowest BCUT2D eigenvalue weighted by Crippen LogP contribution is -2.45. The van der Waals surface area contributed by atoms with Gasteiger partial charge in [-0.15, -0.1) is 0 Å². The van der Waals surface area contributed by atoms with Crippen LogP contribution in [0.3, 0.4) is 0 Å².